The van der Waals surface area contributed by atoms with E-state index in [-0.39, 0.29) is 5.91 Å². The van der Waals surface area contributed by atoms with Crippen LogP contribution in [0.5, 0.6) is 0 Å². The molecule has 0 aliphatic carbocycles. The fourth-order valence-electron chi connectivity index (χ4n) is 2.64. The van der Waals surface area contributed by atoms with Gasteiger partial charge in [-0.15, -0.1) is 11.3 Å². The Balaban J connectivity index is 1.66. The number of amides is 1. The second-order valence-corrected chi connectivity index (χ2v) is 6.85. The predicted octanol–water partition coefficient (Wildman–Crippen LogP) is 2.10. The van der Waals surface area contributed by atoms with Gasteiger partial charge in [0.25, 0.3) is 5.91 Å². The van der Waals surface area contributed by atoms with Crippen LogP contribution in [0, 0.1) is 13.8 Å². The van der Waals surface area contributed by atoms with Crippen molar-refractivity contribution in [3.05, 3.63) is 45.3 Å². The molecule has 1 aliphatic heterocycles. The normalized spacial score (nSPS) is 14.8. The van der Waals surface area contributed by atoms with E-state index in [0.29, 0.717) is 12.1 Å². The summed E-state index contributed by atoms with van der Waals surface area (Å²) < 4.78 is 0. The van der Waals surface area contributed by atoms with E-state index in [0.717, 1.165) is 32.0 Å². The summed E-state index contributed by atoms with van der Waals surface area (Å²) >= 11 is 1.73. The highest BCUT2D eigenvalue weighted by Crippen LogP contribution is 2.20. The van der Waals surface area contributed by atoms with E-state index in [4.69, 9.17) is 0 Å². The van der Waals surface area contributed by atoms with Crippen molar-refractivity contribution in [2.45, 2.75) is 20.4 Å². The molecule has 5 nitrogen and oxygen atoms in total. The number of rotatable bonds is 4. The van der Waals surface area contributed by atoms with Crippen LogP contribution < -0.4 is 15.5 Å². The molecule has 2 aromatic heterocycles. The molecular weight excluding hydrogens is 308 g/mol. The van der Waals surface area contributed by atoms with Gasteiger partial charge < -0.3 is 15.5 Å². The molecule has 2 aromatic rings. The van der Waals surface area contributed by atoms with Gasteiger partial charge >= 0.3 is 0 Å². The smallest absolute Gasteiger partial charge is 0.251 e. The maximum absolute atomic E-state index is 12.4. The zero-order chi connectivity index (χ0) is 16.2. The second kappa shape index (κ2) is 7.10. The highest BCUT2D eigenvalue weighted by molar-refractivity contribution is 7.10. The monoisotopic (exact) mass is 330 g/mol. The first-order valence-corrected chi connectivity index (χ1v) is 8.76. The maximum Gasteiger partial charge on any atom is 0.251 e. The van der Waals surface area contributed by atoms with Crippen LogP contribution in [0.15, 0.2) is 23.7 Å². The van der Waals surface area contributed by atoms with Crippen LogP contribution in [0.2, 0.25) is 0 Å². The van der Waals surface area contributed by atoms with E-state index in [1.165, 1.54) is 16.0 Å². The third-order valence-corrected chi connectivity index (χ3v) is 5.34. The fraction of sp³-hybridized carbons (Fsp3) is 0.412. The van der Waals surface area contributed by atoms with E-state index >= 15 is 0 Å². The third-order valence-electron chi connectivity index (χ3n) is 4.28. The summed E-state index contributed by atoms with van der Waals surface area (Å²) in [6.45, 7) is 8.52. The van der Waals surface area contributed by atoms with Crippen LogP contribution in [-0.2, 0) is 6.54 Å². The number of carbonyl (C=O) groups is 1. The zero-order valence-corrected chi connectivity index (χ0v) is 14.4. The number of aromatic nitrogens is 1. The zero-order valence-electron chi connectivity index (χ0n) is 13.6. The second-order valence-electron chi connectivity index (χ2n) is 5.76. The average Bonchev–Trinajstić information content (AvgIpc) is 2.92. The van der Waals surface area contributed by atoms with Gasteiger partial charge in [0.1, 0.15) is 5.82 Å². The molecule has 0 spiro atoms. The van der Waals surface area contributed by atoms with Gasteiger partial charge in [-0.25, -0.2) is 4.98 Å². The molecule has 3 rings (SSSR count). The topological polar surface area (TPSA) is 57.3 Å². The SMILES string of the molecule is Cc1scc(CNC(=O)c2ccnc(N3CCNCC3)c2)c1C. The number of aryl methyl sites for hydroxylation is 1. The minimum Gasteiger partial charge on any atom is -0.354 e. The van der Waals surface area contributed by atoms with Crippen LogP contribution in [0.4, 0.5) is 5.82 Å². The standard InChI is InChI=1S/C17H22N4OS/c1-12-13(2)23-11-15(12)10-20-17(22)14-3-4-19-16(9-14)21-7-5-18-6-8-21/h3-4,9,11,18H,5-8,10H2,1-2H3,(H,20,22). The third kappa shape index (κ3) is 3.71. The molecule has 0 aromatic carbocycles. The number of anilines is 1. The Kier molecular flexibility index (Phi) is 4.93. The number of nitrogens with zero attached hydrogens (tertiary/aromatic N) is 2. The van der Waals surface area contributed by atoms with Crippen molar-refractivity contribution >= 4 is 23.1 Å². The van der Waals surface area contributed by atoms with E-state index in [9.17, 15) is 4.79 Å². The predicted molar refractivity (Wildman–Crippen MR) is 94.3 cm³/mol. The van der Waals surface area contributed by atoms with Crippen LogP contribution in [-0.4, -0.2) is 37.1 Å². The Morgan fingerprint density at radius 1 is 1.39 bits per heavy atom. The van der Waals surface area contributed by atoms with E-state index in [1.54, 1.807) is 23.6 Å². The first-order chi connectivity index (χ1) is 11.1. The Morgan fingerprint density at radius 3 is 2.87 bits per heavy atom. The number of hydrogen-bond acceptors (Lipinski definition) is 5. The molecule has 0 radical (unpaired) electrons. The summed E-state index contributed by atoms with van der Waals surface area (Å²) in [5.74, 6) is 0.828. The molecule has 6 heteroatoms. The summed E-state index contributed by atoms with van der Waals surface area (Å²) in [4.78, 5) is 20.3. The van der Waals surface area contributed by atoms with Gasteiger partial charge in [0.05, 0.1) is 0 Å². The highest BCUT2D eigenvalue weighted by Gasteiger charge is 2.14. The molecule has 122 valence electrons. The highest BCUT2D eigenvalue weighted by atomic mass is 32.1. The largest absolute Gasteiger partial charge is 0.354 e. The Hall–Kier alpha value is -1.92. The van der Waals surface area contributed by atoms with Gasteiger partial charge in [-0.3, -0.25) is 4.79 Å². The number of pyridine rings is 1. The van der Waals surface area contributed by atoms with Gasteiger partial charge in [0.15, 0.2) is 0 Å². The molecule has 1 fully saturated rings. The molecule has 1 aliphatic rings. The summed E-state index contributed by atoms with van der Waals surface area (Å²) in [6, 6.07) is 3.65. The van der Waals surface area contributed by atoms with Gasteiger partial charge in [0.2, 0.25) is 0 Å². The maximum atomic E-state index is 12.4. The van der Waals surface area contributed by atoms with Gasteiger partial charge in [-0.1, -0.05) is 0 Å². The molecule has 0 unspecified atom stereocenters. The summed E-state index contributed by atoms with van der Waals surface area (Å²) in [5.41, 5.74) is 3.13. The average molecular weight is 330 g/mol. The molecule has 2 N–H and O–H groups in total. The Labute approximate surface area is 140 Å². The summed E-state index contributed by atoms with van der Waals surface area (Å²) in [5, 5.41) is 8.44. The van der Waals surface area contributed by atoms with E-state index in [2.05, 4.69) is 39.7 Å². The lowest BCUT2D eigenvalue weighted by atomic mass is 10.1. The Bertz CT molecular complexity index is 692. The molecule has 0 bridgehead atoms. The molecule has 0 atom stereocenters. The molecule has 23 heavy (non-hydrogen) atoms. The van der Waals surface area contributed by atoms with Crippen molar-refractivity contribution in [2.24, 2.45) is 0 Å². The molecular formula is C17H22N4OS. The number of hydrogen-bond donors (Lipinski definition) is 2. The van der Waals surface area contributed by atoms with Gasteiger partial charge in [-0.05, 0) is 42.5 Å². The Morgan fingerprint density at radius 2 is 2.17 bits per heavy atom. The van der Waals surface area contributed by atoms with Crippen LogP contribution >= 0.6 is 11.3 Å². The number of piperazine rings is 1. The van der Waals surface area contributed by atoms with E-state index < -0.39 is 0 Å². The van der Waals surface area contributed by atoms with E-state index in [1.807, 2.05) is 6.07 Å². The summed E-state index contributed by atoms with van der Waals surface area (Å²) in [7, 11) is 0. The van der Waals surface area contributed by atoms with Crippen molar-refractivity contribution in [2.75, 3.05) is 31.1 Å². The van der Waals surface area contributed by atoms with Crippen molar-refractivity contribution in [3.8, 4) is 0 Å². The molecule has 0 saturated carbocycles. The van der Waals surface area contributed by atoms with Crippen LogP contribution in [0.3, 0.4) is 0 Å². The lowest BCUT2D eigenvalue weighted by molar-refractivity contribution is 0.0951. The van der Waals surface area contributed by atoms with Crippen molar-refractivity contribution in [1.82, 2.24) is 15.6 Å². The molecule has 1 saturated heterocycles. The fourth-order valence-corrected chi connectivity index (χ4v) is 3.53. The first kappa shape index (κ1) is 16.0. The van der Waals surface area contributed by atoms with Gasteiger partial charge in [-0.2, -0.15) is 0 Å². The summed E-state index contributed by atoms with van der Waals surface area (Å²) in [6.07, 6.45) is 1.71. The minimum atomic E-state index is -0.0490. The van der Waals surface area contributed by atoms with Gasteiger partial charge in [0, 0.05) is 49.4 Å². The number of thiophene rings is 1. The number of nitrogens with one attached hydrogen (secondary N) is 2. The minimum absolute atomic E-state index is 0.0490. The van der Waals surface area contributed by atoms with Crippen molar-refractivity contribution in [1.29, 1.82) is 0 Å². The van der Waals surface area contributed by atoms with Crippen molar-refractivity contribution < 1.29 is 4.79 Å². The first-order valence-electron chi connectivity index (χ1n) is 7.88. The lowest BCUT2D eigenvalue weighted by Gasteiger charge is -2.28. The van der Waals surface area contributed by atoms with Crippen LogP contribution in [0.25, 0.3) is 0 Å². The van der Waals surface area contributed by atoms with Crippen LogP contribution in [0.1, 0.15) is 26.4 Å². The molecule has 3 heterocycles. The number of carbonyl (C=O) groups excluding carboxylic acids is 1. The lowest BCUT2D eigenvalue weighted by Crippen LogP contribution is -2.44. The van der Waals surface area contributed by atoms with Crippen molar-refractivity contribution in [3.63, 3.8) is 0 Å². The quantitative estimate of drug-likeness (QED) is 0.901. The molecule has 1 amide bonds.